The van der Waals surface area contributed by atoms with Gasteiger partial charge in [0.05, 0.1) is 0 Å². The average molecular weight is 175 g/mol. The van der Waals surface area contributed by atoms with Crippen LogP contribution in [0.25, 0.3) is 5.82 Å². The predicted molar refractivity (Wildman–Crippen MR) is 48.6 cm³/mol. The van der Waals surface area contributed by atoms with Crippen LogP contribution in [0.1, 0.15) is 0 Å². The van der Waals surface area contributed by atoms with Gasteiger partial charge in [0.25, 0.3) is 0 Å². The van der Waals surface area contributed by atoms with Crippen molar-refractivity contribution in [1.82, 2.24) is 15.1 Å². The van der Waals surface area contributed by atoms with E-state index in [-0.39, 0.29) is 0 Å². The lowest BCUT2D eigenvalue weighted by atomic mass is 10.2. The van der Waals surface area contributed by atoms with Gasteiger partial charge in [-0.05, 0) is 12.1 Å². The van der Waals surface area contributed by atoms with Crippen LogP contribution in [0.15, 0.2) is 36.2 Å². The van der Waals surface area contributed by atoms with Crippen LogP contribution in [0.3, 0.4) is 0 Å². The third-order valence-electron chi connectivity index (χ3n) is 1.83. The van der Waals surface area contributed by atoms with E-state index in [1.165, 1.54) is 0 Å². The van der Waals surface area contributed by atoms with Gasteiger partial charge in [-0.25, -0.2) is 4.68 Å². The Hall–Kier alpha value is -1.84. The zero-order valence-corrected chi connectivity index (χ0v) is 6.97. The number of allylic oxidation sites excluding steroid dienone is 2. The van der Waals surface area contributed by atoms with Crippen molar-refractivity contribution in [3.05, 3.63) is 36.2 Å². The molecule has 4 heteroatoms. The fourth-order valence-electron chi connectivity index (χ4n) is 1.15. The lowest BCUT2D eigenvalue weighted by Gasteiger charge is -2.13. The van der Waals surface area contributed by atoms with E-state index in [0.717, 1.165) is 17.7 Å². The molecule has 0 saturated heterocycles. The summed E-state index contributed by atoms with van der Waals surface area (Å²) in [6, 6.07) is 1.85. The lowest BCUT2D eigenvalue weighted by molar-refractivity contribution is -0.104. The van der Waals surface area contributed by atoms with Crippen molar-refractivity contribution in [2.45, 2.75) is 0 Å². The van der Waals surface area contributed by atoms with Gasteiger partial charge >= 0.3 is 0 Å². The van der Waals surface area contributed by atoms with Gasteiger partial charge in [-0.3, -0.25) is 4.79 Å². The van der Waals surface area contributed by atoms with E-state index in [4.69, 9.17) is 0 Å². The molecule has 66 valence electrons. The smallest absolute Gasteiger partial charge is 0.147 e. The van der Waals surface area contributed by atoms with E-state index in [1.807, 2.05) is 18.3 Å². The zero-order chi connectivity index (χ0) is 9.10. The minimum absolute atomic E-state index is 0.565. The number of aromatic nitrogens is 2. The topological polar surface area (TPSA) is 46.9 Å². The molecular formula is C9H9N3O. The highest BCUT2D eigenvalue weighted by Gasteiger charge is 2.05. The largest absolute Gasteiger partial charge is 0.366 e. The van der Waals surface area contributed by atoms with Gasteiger partial charge in [0.15, 0.2) is 0 Å². The Kier molecular flexibility index (Phi) is 1.96. The number of rotatable bonds is 2. The SMILES string of the molecule is O=CC1=CC=C(n2cccn2)NC1. The second-order valence-corrected chi connectivity index (χ2v) is 2.72. The van der Waals surface area contributed by atoms with Gasteiger partial charge in [-0.2, -0.15) is 5.10 Å². The van der Waals surface area contributed by atoms with Crippen molar-refractivity contribution in [2.75, 3.05) is 6.54 Å². The van der Waals surface area contributed by atoms with Crippen LogP contribution in [0.2, 0.25) is 0 Å². The first-order valence-corrected chi connectivity index (χ1v) is 4.00. The highest BCUT2D eigenvalue weighted by Crippen LogP contribution is 2.05. The lowest BCUT2D eigenvalue weighted by Crippen LogP contribution is -2.23. The molecule has 0 spiro atoms. The van der Waals surface area contributed by atoms with E-state index >= 15 is 0 Å². The molecule has 0 bridgehead atoms. The number of aldehydes is 1. The monoisotopic (exact) mass is 175 g/mol. The minimum atomic E-state index is 0.565. The molecule has 0 amide bonds. The Balaban J connectivity index is 2.24. The fourth-order valence-corrected chi connectivity index (χ4v) is 1.15. The fraction of sp³-hybridized carbons (Fsp3) is 0.111. The summed E-state index contributed by atoms with van der Waals surface area (Å²) in [5.74, 6) is 0.885. The molecule has 0 fully saturated rings. The van der Waals surface area contributed by atoms with Crippen LogP contribution in [-0.2, 0) is 4.79 Å². The van der Waals surface area contributed by atoms with Gasteiger partial charge in [-0.1, -0.05) is 6.08 Å². The Morgan fingerprint density at radius 2 is 2.46 bits per heavy atom. The Morgan fingerprint density at radius 1 is 1.54 bits per heavy atom. The van der Waals surface area contributed by atoms with Crippen molar-refractivity contribution in [3.63, 3.8) is 0 Å². The van der Waals surface area contributed by atoms with Gasteiger partial charge < -0.3 is 5.32 Å². The highest BCUT2D eigenvalue weighted by atomic mass is 16.1. The minimum Gasteiger partial charge on any atom is -0.366 e. The molecule has 1 aliphatic rings. The summed E-state index contributed by atoms with van der Waals surface area (Å²) >= 11 is 0. The molecule has 1 aliphatic heterocycles. The molecule has 2 heterocycles. The van der Waals surface area contributed by atoms with Crippen molar-refractivity contribution in [3.8, 4) is 0 Å². The molecule has 0 radical (unpaired) electrons. The van der Waals surface area contributed by atoms with Crippen molar-refractivity contribution in [1.29, 1.82) is 0 Å². The summed E-state index contributed by atoms with van der Waals surface area (Å²) in [4.78, 5) is 10.4. The molecular weight excluding hydrogens is 166 g/mol. The van der Waals surface area contributed by atoms with E-state index in [0.29, 0.717) is 6.54 Å². The molecule has 2 rings (SSSR count). The first kappa shape index (κ1) is 7.79. The van der Waals surface area contributed by atoms with E-state index in [2.05, 4.69) is 10.4 Å². The highest BCUT2D eigenvalue weighted by molar-refractivity contribution is 5.76. The van der Waals surface area contributed by atoms with E-state index in [9.17, 15) is 4.79 Å². The maximum atomic E-state index is 10.4. The Bertz CT molecular complexity index is 362. The summed E-state index contributed by atoms with van der Waals surface area (Å²) in [5, 5.41) is 7.14. The molecule has 0 aromatic carbocycles. The van der Waals surface area contributed by atoms with Gasteiger partial charge in [0.1, 0.15) is 12.1 Å². The Morgan fingerprint density at radius 3 is 3.00 bits per heavy atom. The summed E-state index contributed by atoms with van der Waals surface area (Å²) in [6.07, 6.45) is 8.03. The second kappa shape index (κ2) is 3.26. The summed E-state index contributed by atoms with van der Waals surface area (Å²) in [5.41, 5.74) is 0.746. The molecule has 0 atom stereocenters. The maximum Gasteiger partial charge on any atom is 0.147 e. The van der Waals surface area contributed by atoms with Gasteiger partial charge in [-0.15, -0.1) is 0 Å². The summed E-state index contributed by atoms with van der Waals surface area (Å²) in [7, 11) is 0. The van der Waals surface area contributed by atoms with Crippen LogP contribution in [0.5, 0.6) is 0 Å². The van der Waals surface area contributed by atoms with Crippen molar-refractivity contribution in [2.24, 2.45) is 0 Å². The molecule has 13 heavy (non-hydrogen) atoms. The number of dihydropyridines is 1. The van der Waals surface area contributed by atoms with Crippen molar-refractivity contribution < 1.29 is 4.79 Å². The van der Waals surface area contributed by atoms with Gasteiger partial charge in [0, 0.05) is 24.5 Å². The second-order valence-electron chi connectivity index (χ2n) is 2.72. The van der Waals surface area contributed by atoms with Crippen LogP contribution in [0, 0.1) is 0 Å². The number of hydrogen-bond donors (Lipinski definition) is 1. The number of carbonyl (C=O) groups excluding carboxylic acids is 1. The Labute approximate surface area is 75.6 Å². The maximum absolute atomic E-state index is 10.4. The predicted octanol–water partition coefficient (Wildman–Crippen LogP) is 0.410. The third kappa shape index (κ3) is 1.51. The molecule has 1 N–H and O–H groups in total. The van der Waals surface area contributed by atoms with E-state index in [1.54, 1.807) is 17.0 Å². The van der Waals surface area contributed by atoms with Crippen molar-refractivity contribution >= 4 is 12.1 Å². The van der Waals surface area contributed by atoms with Gasteiger partial charge in [0.2, 0.25) is 0 Å². The van der Waals surface area contributed by atoms with Crippen LogP contribution in [-0.4, -0.2) is 22.6 Å². The van der Waals surface area contributed by atoms with E-state index < -0.39 is 0 Å². The van der Waals surface area contributed by atoms with Crippen LogP contribution >= 0.6 is 0 Å². The molecule has 1 aromatic heterocycles. The first-order valence-electron chi connectivity index (χ1n) is 4.00. The molecule has 0 unspecified atom stereocenters. The molecule has 4 nitrogen and oxygen atoms in total. The normalized spacial score (nSPS) is 15.7. The molecule has 1 aromatic rings. The van der Waals surface area contributed by atoms with Crippen LogP contribution in [0.4, 0.5) is 0 Å². The standard InChI is InChI=1S/C9H9N3O/c13-7-8-2-3-9(10-6-8)12-5-1-4-11-12/h1-5,7,10H,6H2. The molecule has 0 saturated carbocycles. The zero-order valence-electron chi connectivity index (χ0n) is 6.97. The van der Waals surface area contributed by atoms with Crippen LogP contribution < -0.4 is 5.32 Å². The number of carbonyl (C=O) groups is 1. The molecule has 0 aliphatic carbocycles. The summed E-state index contributed by atoms with van der Waals surface area (Å²) < 4.78 is 1.72. The number of nitrogens with one attached hydrogen (secondary N) is 1. The number of nitrogens with zero attached hydrogens (tertiary/aromatic N) is 2. The quantitative estimate of drug-likeness (QED) is 0.662. The number of hydrogen-bond acceptors (Lipinski definition) is 3. The summed E-state index contributed by atoms with van der Waals surface area (Å²) in [6.45, 7) is 0.565. The average Bonchev–Trinajstić information content (AvgIpc) is 2.71. The third-order valence-corrected chi connectivity index (χ3v) is 1.83. The first-order chi connectivity index (χ1) is 6.40.